The number of halogens is 3. The number of hydrazine groups is 1. The van der Waals surface area contributed by atoms with Gasteiger partial charge in [-0.2, -0.15) is 13.2 Å². The maximum Gasteiger partial charge on any atom is 0.416 e. The molecule has 0 aliphatic heterocycles. The highest BCUT2D eigenvalue weighted by atomic mass is 19.4. The molecule has 4 N–H and O–H groups in total. The topological polar surface area (TPSA) is 81.6 Å². The number of rotatable bonds is 10. The molecule has 3 rings (SSSR count). The first-order chi connectivity index (χ1) is 17.0. The number of alkyl halides is 3. The minimum Gasteiger partial charge on any atom is -0.486 e. The van der Waals surface area contributed by atoms with Gasteiger partial charge in [-0.25, -0.2) is 5.84 Å². The first-order valence-corrected chi connectivity index (χ1v) is 11.8. The molecule has 0 aliphatic carbocycles. The van der Waals surface area contributed by atoms with Crippen molar-refractivity contribution in [2.24, 2.45) is 11.6 Å². The lowest BCUT2D eigenvalue weighted by atomic mass is 9.96. The van der Waals surface area contributed by atoms with E-state index in [1.54, 1.807) is 6.92 Å². The van der Waals surface area contributed by atoms with Crippen LogP contribution in [0.5, 0.6) is 5.75 Å². The molecule has 0 radical (unpaired) electrons. The lowest BCUT2D eigenvalue weighted by Crippen LogP contribution is -2.41. The average Bonchev–Trinajstić information content (AvgIpc) is 2.85. The summed E-state index contributed by atoms with van der Waals surface area (Å²) in [5, 5.41) is 1.18. The number of hydrogen-bond donors (Lipinski definition) is 2. The molecule has 5 nitrogen and oxygen atoms in total. The molecule has 1 amide bonds. The van der Waals surface area contributed by atoms with Gasteiger partial charge in [-0.15, -0.1) is 0 Å². The van der Waals surface area contributed by atoms with Crippen molar-refractivity contribution < 1.29 is 22.7 Å². The summed E-state index contributed by atoms with van der Waals surface area (Å²) in [6.45, 7) is 3.93. The zero-order valence-corrected chi connectivity index (χ0v) is 20.4. The third kappa shape index (κ3) is 7.57. The van der Waals surface area contributed by atoms with E-state index in [2.05, 4.69) is 0 Å². The Morgan fingerprint density at radius 1 is 0.944 bits per heavy atom. The van der Waals surface area contributed by atoms with E-state index in [4.69, 9.17) is 16.3 Å². The van der Waals surface area contributed by atoms with E-state index in [-0.39, 0.29) is 18.5 Å². The Hall–Kier alpha value is -3.36. The standard InChI is InChI=1S/C28H32F3N3O2/c1-19(32)17-21-7-6-10-23(18-21)20(2)27(35)34(33)16-15-26(22-8-4-3-5-9-22)36-25-13-11-24(12-14-25)28(29,30)31/h3-14,18-20,26H,15-17,32-33H2,1-2H3/t19?,20?,26-/m0/s1. The van der Waals surface area contributed by atoms with Crippen molar-refractivity contribution in [2.45, 2.75) is 50.9 Å². The van der Waals surface area contributed by atoms with Crippen molar-refractivity contribution in [1.29, 1.82) is 0 Å². The molecule has 0 aliphatic rings. The normalized spacial score (nSPS) is 14.1. The van der Waals surface area contributed by atoms with E-state index >= 15 is 0 Å². The van der Waals surface area contributed by atoms with Crippen molar-refractivity contribution in [1.82, 2.24) is 5.01 Å². The number of carbonyl (C=O) groups is 1. The van der Waals surface area contributed by atoms with Crippen molar-refractivity contribution in [2.75, 3.05) is 6.54 Å². The van der Waals surface area contributed by atoms with Crippen molar-refractivity contribution in [3.8, 4) is 5.75 Å². The summed E-state index contributed by atoms with van der Waals surface area (Å²) in [5.74, 6) is 5.75. The Labute approximate surface area is 209 Å². The van der Waals surface area contributed by atoms with Gasteiger partial charge in [0.2, 0.25) is 5.91 Å². The number of carbonyl (C=O) groups excluding carboxylic acids is 1. The van der Waals surface area contributed by atoms with Gasteiger partial charge in [-0.3, -0.25) is 9.80 Å². The summed E-state index contributed by atoms with van der Waals surface area (Å²) in [7, 11) is 0. The number of benzene rings is 3. The zero-order valence-electron chi connectivity index (χ0n) is 20.4. The molecule has 0 spiro atoms. The Bertz CT molecular complexity index is 1120. The maximum absolute atomic E-state index is 13.0. The maximum atomic E-state index is 13.0. The SMILES string of the molecule is CC(N)Cc1cccc(C(C)C(=O)N(N)CC[C@H](Oc2ccc(C(F)(F)F)cc2)c2ccccc2)c1. The van der Waals surface area contributed by atoms with Crippen molar-refractivity contribution >= 4 is 5.91 Å². The zero-order chi connectivity index (χ0) is 26.3. The predicted octanol–water partition coefficient (Wildman–Crippen LogP) is 5.61. The van der Waals surface area contributed by atoms with Crippen LogP contribution < -0.4 is 16.3 Å². The molecule has 36 heavy (non-hydrogen) atoms. The van der Waals surface area contributed by atoms with Crippen LogP contribution in [-0.4, -0.2) is 23.5 Å². The summed E-state index contributed by atoms with van der Waals surface area (Å²) in [6.07, 6.45) is -3.87. The molecule has 3 aromatic rings. The van der Waals surface area contributed by atoms with Crippen LogP contribution in [-0.2, 0) is 17.4 Å². The summed E-state index contributed by atoms with van der Waals surface area (Å²) < 4.78 is 44.7. The van der Waals surface area contributed by atoms with E-state index in [0.29, 0.717) is 18.6 Å². The molecular formula is C28H32F3N3O2. The minimum absolute atomic E-state index is 0.0110. The van der Waals surface area contributed by atoms with Gasteiger partial charge in [0.05, 0.1) is 11.5 Å². The number of nitrogens with zero attached hydrogens (tertiary/aromatic N) is 1. The fourth-order valence-electron chi connectivity index (χ4n) is 3.97. The van der Waals surface area contributed by atoms with Crippen LogP contribution in [0.25, 0.3) is 0 Å². The number of nitrogens with two attached hydrogens (primary N) is 2. The lowest BCUT2D eigenvalue weighted by molar-refractivity contribution is -0.137. The molecule has 3 aromatic carbocycles. The number of ether oxygens (including phenoxy) is 1. The Morgan fingerprint density at radius 3 is 2.19 bits per heavy atom. The molecule has 192 valence electrons. The second kappa shape index (κ2) is 12.1. The van der Waals surface area contributed by atoms with Gasteiger partial charge in [0, 0.05) is 19.0 Å². The van der Waals surface area contributed by atoms with Crippen LogP contribution in [0.2, 0.25) is 0 Å². The fraction of sp³-hybridized carbons (Fsp3) is 0.321. The van der Waals surface area contributed by atoms with E-state index in [1.807, 2.05) is 61.5 Å². The Kier molecular flexibility index (Phi) is 9.12. The first-order valence-electron chi connectivity index (χ1n) is 11.8. The third-order valence-electron chi connectivity index (χ3n) is 5.93. The highest BCUT2D eigenvalue weighted by Gasteiger charge is 2.30. The summed E-state index contributed by atoms with van der Waals surface area (Å²) in [6, 6.07) is 21.6. The minimum atomic E-state index is -4.42. The summed E-state index contributed by atoms with van der Waals surface area (Å²) in [5.41, 5.74) is 7.89. The van der Waals surface area contributed by atoms with Crippen LogP contribution in [0.1, 0.15) is 54.5 Å². The van der Waals surface area contributed by atoms with Crippen molar-refractivity contribution in [3.05, 3.63) is 101 Å². The molecule has 0 bridgehead atoms. The molecule has 8 heteroatoms. The molecule has 0 heterocycles. The van der Waals surface area contributed by atoms with Gasteiger partial charge in [-0.1, -0.05) is 54.6 Å². The molecule has 2 unspecified atom stereocenters. The predicted molar refractivity (Wildman–Crippen MR) is 134 cm³/mol. The van der Waals surface area contributed by atoms with E-state index in [1.165, 1.54) is 17.1 Å². The molecular weight excluding hydrogens is 467 g/mol. The quantitative estimate of drug-likeness (QED) is 0.216. The van der Waals surface area contributed by atoms with Gasteiger partial charge in [0.25, 0.3) is 0 Å². The second-order valence-corrected chi connectivity index (χ2v) is 9.01. The second-order valence-electron chi connectivity index (χ2n) is 9.01. The summed E-state index contributed by atoms with van der Waals surface area (Å²) in [4.78, 5) is 13.0. The Balaban J connectivity index is 1.69. The highest BCUT2D eigenvalue weighted by Crippen LogP contribution is 2.32. The number of amides is 1. The van der Waals surface area contributed by atoms with Gasteiger partial charge in [0.15, 0.2) is 0 Å². The highest BCUT2D eigenvalue weighted by molar-refractivity contribution is 5.82. The van der Waals surface area contributed by atoms with Gasteiger partial charge < -0.3 is 10.5 Å². The lowest BCUT2D eigenvalue weighted by Gasteiger charge is -2.25. The molecule has 0 fully saturated rings. The van der Waals surface area contributed by atoms with Crippen LogP contribution in [0.15, 0.2) is 78.9 Å². The average molecular weight is 500 g/mol. The number of hydrogen-bond acceptors (Lipinski definition) is 4. The monoisotopic (exact) mass is 499 g/mol. The van der Waals surface area contributed by atoms with Gasteiger partial charge >= 0.3 is 6.18 Å². The van der Waals surface area contributed by atoms with Crippen LogP contribution in [0.4, 0.5) is 13.2 Å². The van der Waals surface area contributed by atoms with Crippen LogP contribution in [0, 0.1) is 0 Å². The van der Waals surface area contributed by atoms with Gasteiger partial charge in [0.1, 0.15) is 11.9 Å². The molecule has 0 saturated heterocycles. The van der Waals surface area contributed by atoms with Crippen LogP contribution >= 0.6 is 0 Å². The smallest absolute Gasteiger partial charge is 0.416 e. The Morgan fingerprint density at radius 2 is 1.58 bits per heavy atom. The molecule has 0 saturated carbocycles. The van der Waals surface area contributed by atoms with E-state index < -0.39 is 23.8 Å². The third-order valence-corrected chi connectivity index (χ3v) is 5.93. The molecule has 0 aromatic heterocycles. The fourth-order valence-corrected chi connectivity index (χ4v) is 3.97. The summed E-state index contributed by atoms with van der Waals surface area (Å²) >= 11 is 0. The first kappa shape index (κ1) is 27.2. The van der Waals surface area contributed by atoms with E-state index in [9.17, 15) is 18.0 Å². The van der Waals surface area contributed by atoms with E-state index in [0.717, 1.165) is 28.8 Å². The van der Waals surface area contributed by atoms with Crippen molar-refractivity contribution in [3.63, 3.8) is 0 Å². The van der Waals surface area contributed by atoms with Gasteiger partial charge in [-0.05, 0) is 61.2 Å². The largest absolute Gasteiger partial charge is 0.486 e. The molecule has 3 atom stereocenters. The van der Waals surface area contributed by atoms with Crippen LogP contribution in [0.3, 0.4) is 0 Å².